The standard InChI is InChI=1S/C20H19Br/c1-14-9-15(2)11-19(10-14)20(21)13-16-7-8-17-5-3-4-6-18(17)12-16/h3-12,20H,13H2,1-2H3. The van der Waals surface area contributed by atoms with Gasteiger partial charge in [-0.15, -0.1) is 0 Å². The van der Waals surface area contributed by atoms with Crippen molar-refractivity contribution in [2.45, 2.75) is 25.1 Å². The van der Waals surface area contributed by atoms with E-state index in [9.17, 15) is 0 Å². The van der Waals surface area contributed by atoms with Gasteiger partial charge in [0.1, 0.15) is 0 Å². The maximum Gasteiger partial charge on any atom is 0.0435 e. The van der Waals surface area contributed by atoms with E-state index in [1.165, 1.54) is 33.0 Å². The SMILES string of the molecule is Cc1cc(C)cc(C(Br)Cc2ccc3ccccc3c2)c1. The Morgan fingerprint density at radius 1 is 0.810 bits per heavy atom. The number of rotatable bonds is 3. The molecule has 0 heterocycles. The lowest BCUT2D eigenvalue weighted by molar-refractivity contribution is 0.946. The van der Waals surface area contributed by atoms with Crippen molar-refractivity contribution >= 4 is 26.7 Å². The summed E-state index contributed by atoms with van der Waals surface area (Å²) in [6.07, 6.45) is 1.01. The number of halogens is 1. The largest absolute Gasteiger partial charge is 0.0835 e. The molecule has 0 aromatic heterocycles. The molecule has 0 fully saturated rings. The molecule has 0 saturated carbocycles. The Morgan fingerprint density at radius 2 is 1.48 bits per heavy atom. The van der Waals surface area contributed by atoms with E-state index in [0.29, 0.717) is 4.83 Å². The van der Waals surface area contributed by atoms with Crippen LogP contribution in [0.1, 0.15) is 27.1 Å². The van der Waals surface area contributed by atoms with Gasteiger partial charge in [0.05, 0.1) is 0 Å². The van der Waals surface area contributed by atoms with E-state index in [-0.39, 0.29) is 0 Å². The Balaban J connectivity index is 1.86. The van der Waals surface area contributed by atoms with E-state index in [1.807, 2.05) is 0 Å². The molecule has 0 aliphatic heterocycles. The fraction of sp³-hybridized carbons (Fsp3) is 0.200. The van der Waals surface area contributed by atoms with Crippen LogP contribution in [0.3, 0.4) is 0 Å². The maximum absolute atomic E-state index is 3.86. The second-order valence-electron chi connectivity index (χ2n) is 5.77. The summed E-state index contributed by atoms with van der Waals surface area (Å²) in [5.41, 5.74) is 5.39. The van der Waals surface area contributed by atoms with Gasteiger partial charge in [-0.2, -0.15) is 0 Å². The summed E-state index contributed by atoms with van der Waals surface area (Å²) in [4.78, 5) is 0.359. The van der Waals surface area contributed by atoms with E-state index >= 15 is 0 Å². The van der Waals surface area contributed by atoms with Crippen LogP contribution in [0.5, 0.6) is 0 Å². The van der Waals surface area contributed by atoms with Gasteiger partial charge in [-0.1, -0.05) is 87.7 Å². The summed E-state index contributed by atoms with van der Waals surface area (Å²) >= 11 is 3.86. The molecule has 21 heavy (non-hydrogen) atoms. The lowest BCUT2D eigenvalue weighted by Crippen LogP contribution is -1.97. The summed E-state index contributed by atoms with van der Waals surface area (Å²) in [7, 11) is 0. The molecule has 106 valence electrons. The van der Waals surface area contributed by atoms with Gasteiger partial charge in [0.25, 0.3) is 0 Å². The van der Waals surface area contributed by atoms with Crippen LogP contribution in [-0.2, 0) is 6.42 Å². The van der Waals surface area contributed by atoms with Gasteiger partial charge in [0, 0.05) is 4.83 Å². The number of hydrogen-bond acceptors (Lipinski definition) is 0. The normalized spacial score (nSPS) is 12.5. The van der Waals surface area contributed by atoms with Crippen LogP contribution in [0.2, 0.25) is 0 Å². The Morgan fingerprint density at radius 3 is 2.19 bits per heavy atom. The average molecular weight is 339 g/mol. The van der Waals surface area contributed by atoms with Crippen molar-refractivity contribution in [2.75, 3.05) is 0 Å². The van der Waals surface area contributed by atoms with Crippen molar-refractivity contribution in [1.82, 2.24) is 0 Å². The highest BCUT2D eigenvalue weighted by atomic mass is 79.9. The summed E-state index contributed by atoms with van der Waals surface area (Å²) in [6.45, 7) is 4.32. The van der Waals surface area contributed by atoms with Crippen molar-refractivity contribution in [3.63, 3.8) is 0 Å². The molecule has 0 N–H and O–H groups in total. The van der Waals surface area contributed by atoms with Crippen LogP contribution >= 0.6 is 15.9 Å². The first kappa shape index (κ1) is 14.3. The molecule has 0 aliphatic rings. The first-order valence-corrected chi connectivity index (χ1v) is 8.23. The molecule has 0 radical (unpaired) electrons. The lowest BCUT2D eigenvalue weighted by atomic mass is 9.99. The summed E-state index contributed by atoms with van der Waals surface area (Å²) in [5, 5.41) is 2.62. The van der Waals surface area contributed by atoms with E-state index in [1.54, 1.807) is 0 Å². The number of aryl methyl sites for hydroxylation is 2. The van der Waals surface area contributed by atoms with E-state index in [0.717, 1.165) is 6.42 Å². The molecule has 0 saturated heterocycles. The molecular formula is C20H19Br. The topological polar surface area (TPSA) is 0 Å². The molecule has 1 unspecified atom stereocenters. The van der Waals surface area contributed by atoms with Crippen LogP contribution in [0, 0.1) is 13.8 Å². The predicted molar refractivity (Wildman–Crippen MR) is 95.2 cm³/mol. The van der Waals surface area contributed by atoms with Gasteiger partial charge in [0.15, 0.2) is 0 Å². The van der Waals surface area contributed by atoms with Crippen molar-refractivity contribution in [3.8, 4) is 0 Å². The Hall–Kier alpha value is -1.60. The molecule has 0 bridgehead atoms. The van der Waals surface area contributed by atoms with Crippen LogP contribution in [-0.4, -0.2) is 0 Å². The van der Waals surface area contributed by atoms with E-state index in [4.69, 9.17) is 0 Å². The van der Waals surface area contributed by atoms with Crippen LogP contribution in [0.15, 0.2) is 60.7 Å². The van der Waals surface area contributed by atoms with Crippen LogP contribution < -0.4 is 0 Å². The second kappa shape index (κ2) is 6.03. The minimum atomic E-state index is 0.359. The van der Waals surface area contributed by atoms with Gasteiger partial charge in [-0.3, -0.25) is 0 Å². The van der Waals surface area contributed by atoms with Crippen LogP contribution in [0.25, 0.3) is 10.8 Å². The van der Waals surface area contributed by atoms with Gasteiger partial charge in [-0.25, -0.2) is 0 Å². The highest BCUT2D eigenvalue weighted by Crippen LogP contribution is 2.29. The third kappa shape index (κ3) is 3.36. The number of alkyl halides is 1. The minimum Gasteiger partial charge on any atom is -0.0835 e. The molecule has 0 spiro atoms. The van der Waals surface area contributed by atoms with Gasteiger partial charge in [-0.05, 0) is 42.2 Å². The highest BCUT2D eigenvalue weighted by molar-refractivity contribution is 9.09. The third-order valence-corrected chi connectivity index (χ3v) is 4.69. The number of fused-ring (bicyclic) bond motifs is 1. The van der Waals surface area contributed by atoms with Gasteiger partial charge >= 0.3 is 0 Å². The van der Waals surface area contributed by atoms with Gasteiger partial charge < -0.3 is 0 Å². The Labute approximate surface area is 134 Å². The number of benzene rings is 3. The fourth-order valence-corrected chi connectivity index (χ4v) is 3.52. The summed E-state index contributed by atoms with van der Waals surface area (Å²) < 4.78 is 0. The first-order valence-electron chi connectivity index (χ1n) is 7.32. The van der Waals surface area contributed by atoms with Crippen molar-refractivity contribution in [1.29, 1.82) is 0 Å². The monoisotopic (exact) mass is 338 g/mol. The third-order valence-electron chi connectivity index (χ3n) is 3.83. The summed E-state index contributed by atoms with van der Waals surface area (Å²) in [5.74, 6) is 0. The fourth-order valence-electron chi connectivity index (χ4n) is 2.88. The van der Waals surface area contributed by atoms with Crippen molar-refractivity contribution < 1.29 is 0 Å². The zero-order valence-electron chi connectivity index (χ0n) is 12.4. The molecule has 3 aromatic carbocycles. The molecule has 0 nitrogen and oxygen atoms in total. The molecule has 1 heteroatoms. The first-order chi connectivity index (χ1) is 10.1. The molecule has 3 aromatic rings. The van der Waals surface area contributed by atoms with E-state index < -0.39 is 0 Å². The van der Waals surface area contributed by atoms with Crippen molar-refractivity contribution in [3.05, 3.63) is 82.9 Å². The summed E-state index contributed by atoms with van der Waals surface area (Å²) in [6, 6.07) is 22.0. The quantitative estimate of drug-likeness (QED) is 0.503. The Bertz CT molecular complexity index is 753. The number of hydrogen-bond donors (Lipinski definition) is 0. The molecule has 0 aliphatic carbocycles. The maximum atomic E-state index is 3.86. The second-order valence-corrected chi connectivity index (χ2v) is 6.88. The van der Waals surface area contributed by atoms with Gasteiger partial charge in [0.2, 0.25) is 0 Å². The lowest BCUT2D eigenvalue weighted by Gasteiger charge is -2.13. The average Bonchev–Trinajstić information content (AvgIpc) is 2.46. The van der Waals surface area contributed by atoms with Crippen molar-refractivity contribution in [2.24, 2.45) is 0 Å². The molecular weight excluding hydrogens is 320 g/mol. The molecule has 1 atom stereocenters. The smallest absolute Gasteiger partial charge is 0.0435 e. The highest BCUT2D eigenvalue weighted by Gasteiger charge is 2.10. The minimum absolute atomic E-state index is 0.359. The molecule has 3 rings (SSSR count). The predicted octanol–water partition coefficient (Wildman–Crippen LogP) is 6.14. The molecule has 0 amide bonds. The zero-order valence-corrected chi connectivity index (χ0v) is 14.0. The van der Waals surface area contributed by atoms with Crippen LogP contribution in [0.4, 0.5) is 0 Å². The van der Waals surface area contributed by atoms with E-state index in [2.05, 4.69) is 90.4 Å². The zero-order chi connectivity index (χ0) is 14.8. The Kier molecular flexibility index (Phi) is 4.12.